The Bertz CT molecular complexity index is 344. The van der Waals surface area contributed by atoms with Crippen LogP contribution in [0.5, 0.6) is 0 Å². The first-order valence-electron chi connectivity index (χ1n) is 5.91. The molecular formula is C11H18N2O5. The summed E-state index contributed by atoms with van der Waals surface area (Å²) in [7, 11) is 0. The topological polar surface area (TPSA) is 107 Å². The molecule has 7 heteroatoms. The van der Waals surface area contributed by atoms with Gasteiger partial charge in [-0.2, -0.15) is 0 Å². The number of likely N-dealkylation sites (tertiary alicyclic amines) is 1. The summed E-state index contributed by atoms with van der Waals surface area (Å²) >= 11 is 0. The van der Waals surface area contributed by atoms with Crippen molar-refractivity contribution in [3.63, 3.8) is 0 Å². The average Bonchev–Trinajstić information content (AvgIpc) is 2.34. The van der Waals surface area contributed by atoms with E-state index in [4.69, 9.17) is 10.2 Å². The van der Waals surface area contributed by atoms with Crippen molar-refractivity contribution in [3.8, 4) is 0 Å². The Morgan fingerprint density at radius 1 is 1.22 bits per heavy atom. The molecule has 2 atom stereocenters. The lowest BCUT2D eigenvalue weighted by Crippen LogP contribution is -2.50. The zero-order valence-electron chi connectivity index (χ0n) is 10.3. The molecule has 7 nitrogen and oxygen atoms in total. The first-order valence-corrected chi connectivity index (χ1v) is 5.91. The van der Waals surface area contributed by atoms with Crippen molar-refractivity contribution in [2.45, 2.75) is 13.3 Å². The Hall–Kier alpha value is -1.63. The zero-order valence-corrected chi connectivity index (χ0v) is 10.3. The van der Waals surface area contributed by atoms with Crippen molar-refractivity contribution >= 4 is 17.8 Å². The van der Waals surface area contributed by atoms with Crippen molar-refractivity contribution in [1.29, 1.82) is 0 Å². The second kappa shape index (κ2) is 6.34. The molecule has 0 saturated carbocycles. The number of piperidine rings is 1. The van der Waals surface area contributed by atoms with Gasteiger partial charge >= 0.3 is 11.9 Å². The number of carboxylic acid groups (broad SMARTS) is 2. The molecule has 1 rings (SSSR count). The van der Waals surface area contributed by atoms with Crippen LogP contribution in [0, 0.1) is 11.8 Å². The van der Waals surface area contributed by atoms with Gasteiger partial charge in [-0.3, -0.25) is 14.4 Å². The average molecular weight is 258 g/mol. The maximum atomic E-state index is 11.7. The van der Waals surface area contributed by atoms with Gasteiger partial charge in [-0.05, 0) is 13.0 Å². The highest BCUT2D eigenvalue weighted by atomic mass is 16.4. The molecule has 1 aliphatic heterocycles. The van der Waals surface area contributed by atoms with Crippen molar-refractivity contribution < 1.29 is 24.6 Å². The molecule has 0 aliphatic carbocycles. The Balaban J connectivity index is 2.65. The molecule has 0 bridgehead atoms. The molecular weight excluding hydrogens is 240 g/mol. The number of hydrogen-bond donors (Lipinski definition) is 3. The summed E-state index contributed by atoms with van der Waals surface area (Å²) in [5.74, 6) is -4.40. The number of carbonyl (C=O) groups is 3. The summed E-state index contributed by atoms with van der Waals surface area (Å²) in [6.07, 6.45) is 0.185. The van der Waals surface area contributed by atoms with Gasteiger partial charge in [0.2, 0.25) is 5.91 Å². The third kappa shape index (κ3) is 3.43. The van der Waals surface area contributed by atoms with Gasteiger partial charge in [0.15, 0.2) is 0 Å². The monoisotopic (exact) mass is 258 g/mol. The molecule has 0 spiro atoms. The van der Waals surface area contributed by atoms with E-state index in [9.17, 15) is 14.4 Å². The summed E-state index contributed by atoms with van der Waals surface area (Å²) in [5.41, 5.74) is 0. The van der Waals surface area contributed by atoms with Gasteiger partial charge in [0, 0.05) is 13.1 Å². The van der Waals surface area contributed by atoms with E-state index in [1.807, 2.05) is 6.92 Å². The van der Waals surface area contributed by atoms with E-state index in [0.29, 0.717) is 13.1 Å². The van der Waals surface area contributed by atoms with Crippen molar-refractivity contribution in [3.05, 3.63) is 0 Å². The van der Waals surface area contributed by atoms with Crippen LogP contribution >= 0.6 is 0 Å². The minimum absolute atomic E-state index is 0.0312. The second-order valence-electron chi connectivity index (χ2n) is 4.30. The van der Waals surface area contributed by atoms with E-state index in [0.717, 1.165) is 0 Å². The molecule has 102 valence electrons. The molecule has 0 aromatic carbocycles. The molecule has 1 fully saturated rings. The fourth-order valence-corrected chi connectivity index (χ4v) is 2.07. The molecule has 3 N–H and O–H groups in total. The van der Waals surface area contributed by atoms with Gasteiger partial charge in [-0.1, -0.05) is 6.92 Å². The lowest BCUT2D eigenvalue weighted by molar-refractivity contribution is -0.159. The maximum absolute atomic E-state index is 11.7. The van der Waals surface area contributed by atoms with Gasteiger partial charge in [0.25, 0.3) is 0 Å². The summed E-state index contributed by atoms with van der Waals surface area (Å²) in [5, 5.41) is 20.8. The Labute approximate surface area is 105 Å². The first kappa shape index (κ1) is 14.4. The number of hydrogen-bond acceptors (Lipinski definition) is 4. The van der Waals surface area contributed by atoms with E-state index >= 15 is 0 Å². The number of carboxylic acids is 2. The van der Waals surface area contributed by atoms with E-state index < -0.39 is 23.8 Å². The smallest absolute Gasteiger partial charge is 0.309 e. The lowest BCUT2D eigenvalue weighted by Gasteiger charge is -2.34. The second-order valence-corrected chi connectivity index (χ2v) is 4.30. The van der Waals surface area contributed by atoms with E-state index in [-0.39, 0.29) is 25.4 Å². The van der Waals surface area contributed by atoms with Crippen LogP contribution in [0.25, 0.3) is 0 Å². The number of likely N-dealkylation sites (N-methyl/N-ethyl adjacent to an activating group) is 1. The number of carbonyl (C=O) groups excluding carboxylic acids is 1. The van der Waals surface area contributed by atoms with Crippen molar-refractivity contribution in [2.24, 2.45) is 11.8 Å². The number of rotatable bonds is 5. The SMILES string of the molecule is CCNCC(=O)N1CCC(C(=O)O)C(C(=O)O)C1. The molecule has 18 heavy (non-hydrogen) atoms. The quantitative estimate of drug-likeness (QED) is 0.598. The first-order chi connectivity index (χ1) is 8.47. The third-order valence-electron chi connectivity index (χ3n) is 3.13. The Kier molecular flexibility index (Phi) is 5.08. The predicted octanol–water partition coefficient (Wildman–Crippen LogP) is -0.770. The van der Waals surface area contributed by atoms with Gasteiger partial charge in [-0.25, -0.2) is 0 Å². The minimum Gasteiger partial charge on any atom is -0.481 e. The summed E-state index contributed by atoms with van der Waals surface area (Å²) in [4.78, 5) is 35.1. The van der Waals surface area contributed by atoms with Gasteiger partial charge in [0.1, 0.15) is 0 Å². The lowest BCUT2D eigenvalue weighted by atomic mass is 9.85. The summed E-state index contributed by atoms with van der Waals surface area (Å²) in [6, 6.07) is 0. The van der Waals surface area contributed by atoms with Crippen LogP contribution in [0.3, 0.4) is 0 Å². The van der Waals surface area contributed by atoms with E-state index in [2.05, 4.69) is 5.32 Å². The molecule has 1 amide bonds. The van der Waals surface area contributed by atoms with Crippen molar-refractivity contribution in [2.75, 3.05) is 26.2 Å². The highest BCUT2D eigenvalue weighted by molar-refractivity contribution is 5.83. The van der Waals surface area contributed by atoms with Crippen LogP contribution in [0.2, 0.25) is 0 Å². The van der Waals surface area contributed by atoms with Crippen LogP contribution < -0.4 is 5.32 Å². The fraction of sp³-hybridized carbons (Fsp3) is 0.727. The highest BCUT2D eigenvalue weighted by Gasteiger charge is 2.39. The van der Waals surface area contributed by atoms with Crippen LogP contribution in [-0.2, 0) is 14.4 Å². The fourth-order valence-electron chi connectivity index (χ4n) is 2.07. The molecule has 0 aromatic heterocycles. The van der Waals surface area contributed by atoms with Crippen LogP contribution in [-0.4, -0.2) is 59.1 Å². The zero-order chi connectivity index (χ0) is 13.7. The molecule has 0 radical (unpaired) electrons. The van der Waals surface area contributed by atoms with Gasteiger partial charge in [0.05, 0.1) is 18.4 Å². The number of nitrogens with one attached hydrogen (secondary N) is 1. The Morgan fingerprint density at radius 3 is 2.33 bits per heavy atom. The predicted molar refractivity (Wildman–Crippen MR) is 62.0 cm³/mol. The molecule has 1 saturated heterocycles. The number of nitrogens with zero attached hydrogens (tertiary/aromatic N) is 1. The normalized spacial score (nSPS) is 23.7. The molecule has 1 heterocycles. The Morgan fingerprint density at radius 2 is 1.83 bits per heavy atom. The van der Waals surface area contributed by atoms with Crippen LogP contribution in [0.1, 0.15) is 13.3 Å². The minimum atomic E-state index is -1.16. The number of amides is 1. The summed E-state index contributed by atoms with van der Waals surface area (Å²) < 4.78 is 0. The molecule has 2 unspecified atom stereocenters. The van der Waals surface area contributed by atoms with E-state index in [1.54, 1.807) is 0 Å². The summed E-state index contributed by atoms with van der Waals surface area (Å²) in [6.45, 7) is 2.94. The standard InChI is InChI=1S/C11H18N2O5/c1-2-12-5-9(14)13-4-3-7(10(15)16)8(6-13)11(17)18/h7-8,12H,2-6H2,1H3,(H,15,16)(H,17,18). The molecule has 1 aliphatic rings. The number of aliphatic carboxylic acids is 2. The van der Waals surface area contributed by atoms with Gasteiger partial charge < -0.3 is 20.4 Å². The third-order valence-corrected chi connectivity index (χ3v) is 3.13. The molecule has 0 aromatic rings. The largest absolute Gasteiger partial charge is 0.481 e. The van der Waals surface area contributed by atoms with Crippen LogP contribution in [0.4, 0.5) is 0 Å². The van der Waals surface area contributed by atoms with E-state index in [1.165, 1.54) is 4.90 Å². The van der Waals surface area contributed by atoms with Gasteiger partial charge in [-0.15, -0.1) is 0 Å². The van der Waals surface area contributed by atoms with Crippen LogP contribution in [0.15, 0.2) is 0 Å². The van der Waals surface area contributed by atoms with Crippen molar-refractivity contribution in [1.82, 2.24) is 10.2 Å². The highest BCUT2D eigenvalue weighted by Crippen LogP contribution is 2.24. The maximum Gasteiger partial charge on any atom is 0.309 e.